The minimum Gasteiger partial charge on any atom is -0.485 e. The minimum atomic E-state index is -0.867. The maximum Gasteiger partial charge on any atom is 0.351 e. The maximum absolute atomic E-state index is 12.4. The van der Waals surface area contributed by atoms with Gasteiger partial charge in [-0.3, -0.25) is 4.79 Å². The summed E-state index contributed by atoms with van der Waals surface area (Å²) in [4.78, 5) is 26.2. The highest BCUT2D eigenvalue weighted by Gasteiger charge is 2.30. The van der Waals surface area contributed by atoms with Gasteiger partial charge >= 0.3 is 5.97 Å². The van der Waals surface area contributed by atoms with Crippen LogP contribution in [0.4, 0.5) is 5.69 Å². The van der Waals surface area contributed by atoms with E-state index in [1.54, 1.807) is 23.1 Å². The van der Waals surface area contributed by atoms with Gasteiger partial charge in [0.25, 0.3) is 5.91 Å². The van der Waals surface area contributed by atoms with Crippen LogP contribution in [0.2, 0.25) is 0 Å². The molecule has 2 aromatic carbocycles. The number of carbonyl (C=O) groups is 2. The first-order chi connectivity index (χ1) is 12.2. The number of esters is 1. The van der Waals surface area contributed by atoms with Gasteiger partial charge in [-0.2, -0.15) is 0 Å². The molecule has 2 aromatic rings. The third kappa shape index (κ3) is 3.03. The number of anilines is 1. The van der Waals surface area contributed by atoms with Crippen molar-refractivity contribution in [2.45, 2.75) is 12.5 Å². The zero-order valence-corrected chi connectivity index (χ0v) is 13.5. The molecule has 25 heavy (non-hydrogen) atoms. The van der Waals surface area contributed by atoms with E-state index >= 15 is 0 Å². The van der Waals surface area contributed by atoms with Crippen molar-refractivity contribution in [3.05, 3.63) is 54.1 Å². The number of para-hydroxylation sites is 3. The molecule has 2 heterocycles. The van der Waals surface area contributed by atoms with Gasteiger partial charge in [0, 0.05) is 12.2 Å². The van der Waals surface area contributed by atoms with Crippen molar-refractivity contribution < 1.29 is 23.8 Å². The van der Waals surface area contributed by atoms with Gasteiger partial charge < -0.3 is 19.1 Å². The van der Waals surface area contributed by atoms with Crippen LogP contribution in [0.3, 0.4) is 0 Å². The summed E-state index contributed by atoms with van der Waals surface area (Å²) in [6.45, 7) is 0.359. The Labute approximate surface area is 144 Å². The lowest BCUT2D eigenvalue weighted by Crippen LogP contribution is -2.40. The molecule has 2 aliphatic rings. The number of rotatable bonds is 3. The summed E-state index contributed by atoms with van der Waals surface area (Å²) in [5.74, 6) is 0.248. The minimum absolute atomic E-state index is 0.0661. The van der Waals surface area contributed by atoms with Crippen LogP contribution in [0.25, 0.3) is 0 Å². The average Bonchev–Trinajstić information content (AvgIpc) is 3.09. The number of fused-ring (bicyclic) bond motifs is 2. The van der Waals surface area contributed by atoms with Crippen LogP contribution in [0.5, 0.6) is 11.5 Å². The molecule has 2 aliphatic heterocycles. The summed E-state index contributed by atoms with van der Waals surface area (Å²) >= 11 is 0. The van der Waals surface area contributed by atoms with E-state index in [2.05, 4.69) is 0 Å². The van der Waals surface area contributed by atoms with Gasteiger partial charge in [0.15, 0.2) is 18.1 Å². The number of carbonyl (C=O) groups excluding carboxylic acids is 2. The van der Waals surface area contributed by atoms with E-state index in [0.717, 1.165) is 17.7 Å². The Morgan fingerprint density at radius 3 is 2.72 bits per heavy atom. The Balaban J connectivity index is 1.35. The van der Waals surface area contributed by atoms with Crippen LogP contribution in [0.15, 0.2) is 48.5 Å². The molecule has 0 unspecified atom stereocenters. The standard InChI is InChI=1S/C19H17NO5/c21-18(20-10-9-13-5-1-2-6-14(13)20)12-24-19(22)17-11-23-15-7-3-4-8-16(15)25-17/h1-8,17H,9-12H2/t17-/m0/s1. The van der Waals surface area contributed by atoms with Crippen molar-refractivity contribution in [1.82, 2.24) is 0 Å². The smallest absolute Gasteiger partial charge is 0.351 e. The average molecular weight is 339 g/mol. The molecule has 0 bridgehead atoms. The normalized spacial score (nSPS) is 17.8. The van der Waals surface area contributed by atoms with Crippen molar-refractivity contribution in [3.8, 4) is 11.5 Å². The van der Waals surface area contributed by atoms with E-state index < -0.39 is 12.1 Å². The molecule has 0 aliphatic carbocycles. The number of benzene rings is 2. The highest BCUT2D eigenvalue weighted by atomic mass is 16.6. The van der Waals surface area contributed by atoms with Crippen LogP contribution < -0.4 is 14.4 Å². The summed E-state index contributed by atoms with van der Waals surface area (Å²) in [6.07, 6.45) is -0.0553. The van der Waals surface area contributed by atoms with E-state index in [1.807, 2.05) is 30.3 Å². The van der Waals surface area contributed by atoms with Gasteiger partial charge in [-0.25, -0.2) is 4.79 Å². The maximum atomic E-state index is 12.4. The Hall–Kier alpha value is -3.02. The predicted octanol–water partition coefficient (Wildman–Crippen LogP) is 1.96. The highest BCUT2D eigenvalue weighted by Crippen LogP contribution is 2.31. The lowest BCUT2D eigenvalue weighted by molar-refractivity contribution is -0.157. The monoisotopic (exact) mass is 339 g/mol. The Kier molecular flexibility index (Phi) is 4.01. The molecular formula is C19H17NO5. The Bertz CT molecular complexity index is 819. The second-order valence-corrected chi connectivity index (χ2v) is 5.90. The first-order valence-electron chi connectivity index (χ1n) is 8.16. The van der Waals surface area contributed by atoms with Crippen molar-refractivity contribution in [2.75, 3.05) is 24.7 Å². The van der Waals surface area contributed by atoms with Gasteiger partial charge in [0.05, 0.1) is 0 Å². The third-order valence-electron chi connectivity index (χ3n) is 4.30. The van der Waals surface area contributed by atoms with Crippen LogP contribution in [-0.4, -0.2) is 37.7 Å². The number of hydrogen-bond acceptors (Lipinski definition) is 5. The largest absolute Gasteiger partial charge is 0.485 e. The second-order valence-electron chi connectivity index (χ2n) is 5.90. The number of amides is 1. The zero-order valence-electron chi connectivity index (χ0n) is 13.5. The SMILES string of the molecule is O=C(OCC(=O)N1CCc2ccccc21)[C@@H]1COc2ccccc2O1. The molecule has 4 rings (SSSR count). The molecule has 6 heteroatoms. The number of nitrogens with zero attached hydrogens (tertiary/aromatic N) is 1. The Morgan fingerprint density at radius 1 is 1.08 bits per heavy atom. The van der Waals surface area contributed by atoms with Crippen molar-refractivity contribution in [2.24, 2.45) is 0 Å². The third-order valence-corrected chi connectivity index (χ3v) is 4.30. The molecule has 0 saturated heterocycles. The van der Waals surface area contributed by atoms with E-state index in [0.29, 0.717) is 18.0 Å². The fourth-order valence-corrected chi connectivity index (χ4v) is 3.04. The number of hydrogen-bond donors (Lipinski definition) is 0. The molecular weight excluding hydrogens is 322 g/mol. The summed E-state index contributed by atoms with van der Waals surface area (Å²) < 4.78 is 16.2. The van der Waals surface area contributed by atoms with Crippen molar-refractivity contribution >= 4 is 17.6 Å². The molecule has 0 aromatic heterocycles. The first-order valence-corrected chi connectivity index (χ1v) is 8.16. The molecule has 6 nitrogen and oxygen atoms in total. The molecule has 1 amide bonds. The second kappa shape index (κ2) is 6.47. The van der Waals surface area contributed by atoms with Gasteiger partial charge in [0.1, 0.15) is 6.61 Å². The topological polar surface area (TPSA) is 65.1 Å². The predicted molar refractivity (Wildman–Crippen MR) is 89.8 cm³/mol. The van der Waals surface area contributed by atoms with Crippen LogP contribution in [0.1, 0.15) is 5.56 Å². The van der Waals surface area contributed by atoms with Crippen LogP contribution in [0, 0.1) is 0 Å². The number of ether oxygens (including phenoxy) is 3. The molecule has 0 N–H and O–H groups in total. The fraction of sp³-hybridized carbons (Fsp3) is 0.263. The zero-order chi connectivity index (χ0) is 17.2. The van der Waals surface area contributed by atoms with Crippen LogP contribution >= 0.6 is 0 Å². The molecule has 0 fully saturated rings. The van der Waals surface area contributed by atoms with Crippen LogP contribution in [-0.2, 0) is 20.7 Å². The molecule has 0 radical (unpaired) electrons. The fourth-order valence-electron chi connectivity index (χ4n) is 3.04. The summed E-state index contributed by atoms with van der Waals surface area (Å²) in [5, 5.41) is 0. The van der Waals surface area contributed by atoms with Crippen molar-refractivity contribution in [1.29, 1.82) is 0 Å². The van der Waals surface area contributed by atoms with Gasteiger partial charge in [-0.1, -0.05) is 30.3 Å². The lowest BCUT2D eigenvalue weighted by atomic mass is 10.2. The molecule has 128 valence electrons. The van der Waals surface area contributed by atoms with Gasteiger partial charge in [0.2, 0.25) is 6.10 Å². The van der Waals surface area contributed by atoms with E-state index in [-0.39, 0.29) is 19.1 Å². The van der Waals surface area contributed by atoms with Gasteiger partial charge in [-0.05, 0) is 30.2 Å². The summed E-state index contributed by atoms with van der Waals surface area (Å²) in [7, 11) is 0. The van der Waals surface area contributed by atoms with E-state index in [9.17, 15) is 9.59 Å². The molecule has 1 atom stereocenters. The van der Waals surface area contributed by atoms with Crippen molar-refractivity contribution in [3.63, 3.8) is 0 Å². The Morgan fingerprint density at radius 2 is 1.84 bits per heavy atom. The quantitative estimate of drug-likeness (QED) is 0.800. The highest BCUT2D eigenvalue weighted by molar-refractivity contribution is 5.97. The van der Waals surface area contributed by atoms with E-state index in [4.69, 9.17) is 14.2 Å². The summed E-state index contributed by atoms with van der Waals surface area (Å²) in [5.41, 5.74) is 2.01. The molecule has 0 saturated carbocycles. The molecule has 0 spiro atoms. The van der Waals surface area contributed by atoms with E-state index in [1.165, 1.54) is 0 Å². The lowest BCUT2D eigenvalue weighted by Gasteiger charge is -2.25. The van der Waals surface area contributed by atoms with Gasteiger partial charge in [-0.15, -0.1) is 0 Å². The summed E-state index contributed by atoms with van der Waals surface area (Å²) in [6, 6.07) is 14.9. The first kappa shape index (κ1) is 15.5.